The van der Waals surface area contributed by atoms with Crippen LogP contribution in [0.3, 0.4) is 0 Å². The van der Waals surface area contributed by atoms with E-state index in [-0.39, 0.29) is 5.69 Å². The second-order valence-electron chi connectivity index (χ2n) is 4.33. The number of hydrogen-bond donors (Lipinski definition) is 1. The predicted octanol–water partition coefficient (Wildman–Crippen LogP) is 2.05. The molecule has 3 heterocycles. The molecule has 6 nitrogen and oxygen atoms in total. The monoisotopic (exact) mass is 268 g/mol. The Morgan fingerprint density at radius 2 is 2.25 bits per heavy atom. The van der Waals surface area contributed by atoms with Crippen LogP contribution in [0, 0.1) is 0 Å². The van der Waals surface area contributed by atoms with E-state index >= 15 is 0 Å². The number of rotatable bonds is 3. The molecule has 0 amide bonds. The Balaban J connectivity index is 2.31. The maximum absolute atomic E-state index is 11.4. The number of hydrogen-bond acceptors (Lipinski definition) is 4. The first-order valence-corrected chi connectivity index (χ1v) is 6.22. The van der Waals surface area contributed by atoms with Gasteiger partial charge in [0.15, 0.2) is 11.3 Å². The number of aryl methyl sites for hydroxylation is 1. The van der Waals surface area contributed by atoms with Crippen molar-refractivity contribution in [1.29, 1.82) is 0 Å². The van der Waals surface area contributed by atoms with Gasteiger partial charge in [-0.05, 0) is 24.6 Å². The zero-order valence-electron chi connectivity index (χ0n) is 10.8. The number of aromatic carboxylic acids is 1. The van der Waals surface area contributed by atoms with Crippen molar-refractivity contribution in [2.45, 2.75) is 13.3 Å². The Morgan fingerprint density at radius 1 is 1.40 bits per heavy atom. The van der Waals surface area contributed by atoms with Crippen molar-refractivity contribution in [2.24, 2.45) is 0 Å². The third kappa shape index (κ3) is 1.91. The normalized spacial score (nSPS) is 10.8. The van der Waals surface area contributed by atoms with Crippen molar-refractivity contribution in [1.82, 2.24) is 19.6 Å². The van der Waals surface area contributed by atoms with Crippen LogP contribution in [0.1, 0.15) is 23.0 Å². The lowest BCUT2D eigenvalue weighted by Gasteiger charge is -2.05. The zero-order valence-corrected chi connectivity index (χ0v) is 10.8. The highest BCUT2D eigenvalue weighted by atomic mass is 16.4. The van der Waals surface area contributed by atoms with Crippen LogP contribution in [0.25, 0.3) is 16.9 Å². The van der Waals surface area contributed by atoms with E-state index in [1.807, 2.05) is 13.0 Å². The van der Waals surface area contributed by atoms with Crippen molar-refractivity contribution in [3.63, 3.8) is 0 Å². The topological polar surface area (TPSA) is 80.4 Å². The minimum Gasteiger partial charge on any atom is -0.477 e. The van der Waals surface area contributed by atoms with Crippen molar-refractivity contribution in [3.8, 4) is 11.3 Å². The van der Waals surface area contributed by atoms with Gasteiger partial charge in [-0.1, -0.05) is 6.92 Å². The second kappa shape index (κ2) is 4.73. The molecule has 3 rings (SSSR count). The minimum atomic E-state index is -1.03. The highest BCUT2D eigenvalue weighted by Gasteiger charge is 2.16. The Hall–Kier alpha value is -2.76. The molecule has 0 atom stereocenters. The number of carbonyl (C=O) groups is 1. The molecule has 0 unspecified atom stereocenters. The average Bonchev–Trinajstić information content (AvgIpc) is 2.89. The summed E-state index contributed by atoms with van der Waals surface area (Å²) in [6.45, 7) is 1.98. The highest BCUT2D eigenvalue weighted by Crippen LogP contribution is 2.20. The van der Waals surface area contributed by atoms with Gasteiger partial charge < -0.3 is 5.11 Å². The molecule has 0 bridgehead atoms. The molecule has 3 aromatic heterocycles. The van der Waals surface area contributed by atoms with Gasteiger partial charge >= 0.3 is 5.97 Å². The van der Waals surface area contributed by atoms with Gasteiger partial charge in [0.2, 0.25) is 0 Å². The van der Waals surface area contributed by atoms with Gasteiger partial charge in [-0.3, -0.25) is 4.98 Å². The van der Waals surface area contributed by atoms with Crippen LogP contribution in [-0.2, 0) is 6.42 Å². The molecule has 0 aliphatic carbocycles. The molecule has 20 heavy (non-hydrogen) atoms. The van der Waals surface area contributed by atoms with E-state index in [9.17, 15) is 9.90 Å². The molecular formula is C14H12N4O2. The van der Waals surface area contributed by atoms with E-state index in [0.29, 0.717) is 11.3 Å². The lowest BCUT2D eigenvalue weighted by atomic mass is 10.1. The van der Waals surface area contributed by atoms with Crippen LogP contribution in [0.5, 0.6) is 0 Å². The van der Waals surface area contributed by atoms with Gasteiger partial charge in [0.1, 0.15) is 0 Å². The molecule has 3 aromatic rings. The fourth-order valence-electron chi connectivity index (χ4n) is 2.07. The summed E-state index contributed by atoms with van der Waals surface area (Å²) in [4.78, 5) is 19.9. The van der Waals surface area contributed by atoms with Gasteiger partial charge in [0.05, 0.1) is 11.9 Å². The fourth-order valence-corrected chi connectivity index (χ4v) is 2.07. The number of carboxylic acids is 1. The average molecular weight is 268 g/mol. The SMILES string of the molecule is CCc1cnn2c(C(=O)O)cc(-c3cccnc3)nc12. The van der Waals surface area contributed by atoms with Crippen molar-refractivity contribution in [2.75, 3.05) is 0 Å². The second-order valence-corrected chi connectivity index (χ2v) is 4.33. The molecule has 0 fully saturated rings. The van der Waals surface area contributed by atoms with E-state index in [0.717, 1.165) is 17.5 Å². The number of pyridine rings is 1. The van der Waals surface area contributed by atoms with Gasteiger partial charge in [-0.25, -0.2) is 14.3 Å². The summed E-state index contributed by atoms with van der Waals surface area (Å²) in [7, 11) is 0. The molecule has 0 saturated carbocycles. The lowest BCUT2D eigenvalue weighted by Crippen LogP contribution is -2.08. The predicted molar refractivity (Wildman–Crippen MR) is 72.6 cm³/mol. The Morgan fingerprint density at radius 3 is 2.90 bits per heavy atom. The molecular weight excluding hydrogens is 256 g/mol. The molecule has 0 saturated heterocycles. The number of aromatic nitrogens is 4. The van der Waals surface area contributed by atoms with Gasteiger partial charge in [0, 0.05) is 23.5 Å². The first-order chi connectivity index (χ1) is 9.70. The van der Waals surface area contributed by atoms with Gasteiger partial charge in [0.25, 0.3) is 0 Å². The first kappa shape index (κ1) is 12.3. The van der Waals surface area contributed by atoms with Crippen LogP contribution in [0.2, 0.25) is 0 Å². The quantitative estimate of drug-likeness (QED) is 0.786. The summed E-state index contributed by atoms with van der Waals surface area (Å²) >= 11 is 0. The molecule has 0 aliphatic heterocycles. The maximum atomic E-state index is 11.4. The smallest absolute Gasteiger partial charge is 0.354 e. The standard InChI is InChI=1S/C14H12N4O2/c1-2-9-8-16-18-12(14(19)20)6-11(17-13(9)18)10-4-3-5-15-7-10/h3-8H,2H2,1H3,(H,19,20). The molecule has 0 radical (unpaired) electrons. The largest absolute Gasteiger partial charge is 0.477 e. The van der Waals surface area contributed by atoms with Crippen molar-refractivity contribution < 1.29 is 9.90 Å². The maximum Gasteiger partial charge on any atom is 0.354 e. The summed E-state index contributed by atoms with van der Waals surface area (Å²) in [6, 6.07) is 5.15. The Labute approximate surface area is 114 Å². The number of carboxylic acid groups (broad SMARTS) is 1. The summed E-state index contributed by atoms with van der Waals surface area (Å²) < 4.78 is 1.36. The van der Waals surface area contributed by atoms with Crippen LogP contribution in [0.15, 0.2) is 36.8 Å². The van der Waals surface area contributed by atoms with Crippen LogP contribution in [0.4, 0.5) is 0 Å². The zero-order chi connectivity index (χ0) is 14.1. The number of fused-ring (bicyclic) bond motifs is 1. The van der Waals surface area contributed by atoms with Gasteiger partial charge in [-0.15, -0.1) is 0 Å². The highest BCUT2D eigenvalue weighted by molar-refractivity contribution is 5.88. The lowest BCUT2D eigenvalue weighted by molar-refractivity contribution is 0.0687. The summed E-state index contributed by atoms with van der Waals surface area (Å²) in [5, 5.41) is 13.4. The van der Waals surface area contributed by atoms with E-state index in [2.05, 4.69) is 15.1 Å². The van der Waals surface area contributed by atoms with Crippen LogP contribution < -0.4 is 0 Å². The molecule has 6 heteroatoms. The summed E-state index contributed by atoms with van der Waals surface area (Å²) in [6.07, 6.45) is 5.72. The van der Waals surface area contributed by atoms with E-state index < -0.39 is 5.97 Å². The first-order valence-electron chi connectivity index (χ1n) is 6.22. The van der Waals surface area contributed by atoms with Crippen molar-refractivity contribution >= 4 is 11.6 Å². The molecule has 100 valence electrons. The minimum absolute atomic E-state index is 0.0913. The summed E-state index contributed by atoms with van der Waals surface area (Å²) in [5.41, 5.74) is 2.94. The Kier molecular flexibility index (Phi) is 2.90. The van der Waals surface area contributed by atoms with Crippen LogP contribution >= 0.6 is 0 Å². The molecule has 0 aliphatic rings. The van der Waals surface area contributed by atoms with E-state index in [1.165, 1.54) is 10.6 Å². The number of nitrogens with zero attached hydrogens (tertiary/aromatic N) is 4. The Bertz CT molecular complexity index is 780. The van der Waals surface area contributed by atoms with Crippen molar-refractivity contribution in [3.05, 3.63) is 48.0 Å². The van der Waals surface area contributed by atoms with Crippen LogP contribution in [-0.4, -0.2) is 30.7 Å². The fraction of sp³-hybridized carbons (Fsp3) is 0.143. The third-order valence-electron chi connectivity index (χ3n) is 3.10. The van der Waals surface area contributed by atoms with Gasteiger partial charge in [-0.2, -0.15) is 5.10 Å². The molecule has 0 aromatic carbocycles. The van der Waals surface area contributed by atoms with E-state index in [4.69, 9.17) is 0 Å². The van der Waals surface area contributed by atoms with E-state index in [1.54, 1.807) is 24.7 Å². The molecule has 0 spiro atoms. The molecule has 1 N–H and O–H groups in total. The summed E-state index contributed by atoms with van der Waals surface area (Å²) in [5.74, 6) is -1.03. The third-order valence-corrected chi connectivity index (χ3v) is 3.10.